The number of carboxylic acids is 1. The standard InChI is InChI=1S/C16H18N2O3/c1-16(2)8-9-18(10-16)14-12(15(19)20)13(21-17-14)11-6-4-3-5-7-11/h3-7H,8-10H2,1-2H3,(H,19,20). The minimum absolute atomic E-state index is 0.152. The summed E-state index contributed by atoms with van der Waals surface area (Å²) in [5.74, 6) is -0.246. The van der Waals surface area contributed by atoms with Crippen LogP contribution in [0, 0.1) is 5.41 Å². The number of aromatic nitrogens is 1. The fraction of sp³-hybridized carbons (Fsp3) is 0.375. The molecular weight excluding hydrogens is 268 g/mol. The largest absolute Gasteiger partial charge is 0.477 e. The van der Waals surface area contributed by atoms with E-state index in [0.29, 0.717) is 11.6 Å². The van der Waals surface area contributed by atoms with Crippen molar-refractivity contribution in [3.05, 3.63) is 35.9 Å². The first kappa shape index (κ1) is 13.7. The van der Waals surface area contributed by atoms with Gasteiger partial charge >= 0.3 is 5.97 Å². The number of benzene rings is 1. The van der Waals surface area contributed by atoms with Crippen molar-refractivity contribution in [3.63, 3.8) is 0 Å². The van der Waals surface area contributed by atoms with Crippen molar-refractivity contribution < 1.29 is 14.4 Å². The Morgan fingerprint density at radius 3 is 2.62 bits per heavy atom. The van der Waals surface area contributed by atoms with E-state index >= 15 is 0 Å². The van der Waals surface area contributed by atoms with Crippen LogP contribution in [0.1, 0.15) is 30.6 Å². The highest BCUT2D eigenvalue weighted by molar-refractivity contribution is 5.99. The van der Waals surface area contributed by atoms with Crippen LogP contribution >= 0.6 is 0 Å². The molecule has 0 atom stereocenters. The third-order valence-corrected chi connectivity index (χ3v) is 3.90. The monoisotopic (exact) mass is 286 g/mol. The van der Waals surface area contributed by atoms with Gasteiger partial charge < -0.3 is 14.5 Å². The van der Waals surface area contributed by atoms with Crippen LogP contribution in [0.25, 0.3) is 11.3 Å². The molecule has 0 spiro atoms. The zero-order valence-corrected chi connectivity index (χ0v) is 12.2. The quantitative estimate of drug-likeness (QED) is 0.938. The molecular formula is C16H18N2O3. The van der Waals surface area contributed by atoms with E-state index in [1.807, 2.05) is 35.2 Å². The van der Waals surface area contributed by atoms with E-state index in [4.69, 9.17) is 4.52 Å². The average Bonchev–Trinajstić information content (AvgIpc) is 3.03. The van der Waals surface area contributed by atoms with Crippen molar-refractivity contribution in [1.29, 1.82) is 0 Å². The molecule has 0 unspecified atom stereocenters. The summed E-state index contributed by atoms with van der Waals surface area (Å²) in [5, 5.41) is 13.6. The van der Waals surface area contributed by atoms with Crippen molar-refractivity contribution in [2.45, 2.75) is 20.3 Å². The number of nitrogens with zero attached hydrogens (tertiary/aromatic N) is 2. The van der Waals surface area contributed by atoms with Crippen LogP contribution < -0.4 is 4.90 Å². The number of aromatic carboxylic acids is 1. The van der Waals surface area contributed by atoms with E-state index < -0.39 is 5.97 Å². The van der Waals surface area contributed by atoms with E-state index in [-0.39, 0.29) is 11.0 Å². The van der Waals surface area contributed by atoms with Gasteiger partial charge in [0.2, 0.25) is 0 Å². The lowest BCUT2D eigenvalue weighted by Crippen LogP contribution is -2.24. The molecule has 1 aromatic carbocycles. The van der Waals surface area contributed by atoms with Gasteiger partial charge in [-0.1, -0.05) is 49.3 Å². The second kappa shape index (κ2) is 4.91. The summed E-state index contributed by atoms with van der Waals surface area (Å²) in [6, 6.07) is 9.23. The van der Waals surface area contributed by atoms with E-state index in [1.165, 1.54) is 0 Å². The lowest BCUT2D eigenvalue weighted by atomic mass is 9.93. The fourth-order valence-corrected chi connectivity index (χ4v) is 2.77. The molecule has 1 N–H and O–H groups in total. The van der Waals surface area contributed by atoms with Crippen LogP contribution in [0.2, 0.25) is 0 Å². The molecule has 1 saturated heterocycles. The summed E-state index contributed by atoms with van der Waals surface area (Å²) < 4.78 is 5.35. The lowest BCUT2D eigenvalue weighted by molar-refractivity contribution is 0.0698. The molecule has 1 aromatic heterocycles. The predicted octanol–water partition coefficient (Wildman–Crippen LogP) is 3.28. The molecule has 1 aliphatic rings. The van der Waals surface area contributed by atoms with E-state index in [1.54, 1.807) is 0 Å². The van der Waals surface area contributed by atoms with Gasteiger partial charge in [0, 0.05) is 18.7 Å². The van der Waals surface area contributed by atoms with Gasteiger partial charge in [-0.2, -0.15) is 0 Å². The highest BCUT2D eigenvalue weighted by Crippen LogP contribution is 2.37. The summed E-state index contributed by atoms with van der Waals surface area (Å²) in [5.41, 5.74) is 1.05. The van der Waals surface area contributed by atoms with E-state index in [2.05, 4.69) is 19.0 Å². The molecule has 2 heterocycles. The second-order valence-corrected chi connectivity index (χ2v) is 6.22. The number of hydrogen-bond donors (Lipinski definition) is 1. The van der Waals surface area contributed by atoms with Crippen molar-refractivity contribution in [2.24, 2.45) is 5.41 Å². The Morgan fingerprint density at radius 1 is 1.33 bits per heavy atom. The first-order valence-electron chi connectivity index (χ1n) is 7.01. The van der Waals surface area contributed by atoms with Crippen LogP contribution in [0.5, 0.6) is 0 Å². The molecule has 21 heavy (non-hydrogen) atoms. The molecule has 5 nitrogen and oxygen atoms in total. The highest BCUT2D eigenvalue weighted by Gasteiger charge is 2.35. The molecule has 0 aliphatic carbocycles. The summed E-state index contributed by atoms with van der Waals surface area (Å²) in [6.45, 7) is 5.93. The Kier molecular flexibility index (Phi) is 3.20. The predicted molar refractivity (Wildman–Crippen MR) is 79.5 cm³/mol. The number of anilines is 1. The Balaban J connectivity index is 2.04. The Labute approximate surface area is 123 Å². The maximum atomic E-state index is 11.7. The molecule has 0 bridgehead atoms. The van der Waals surface area contributed by atoms with Crippen LogP contribution in [0.3, 0.4) is 0 Å². The Morgan fingerprint density at radius 2 is 2.05 bits per heavy atom. The molecule has 0 amide bonds. The maximum absolute atomic E-state index is 11.7. The van der Waals surface area contributed by atoms with Gasteiger partial charge in [-0.15, -0.1) is 0 Å². The molecule has 3 rings (SSSR count). The zero-order chi connectivity index (χ0) is 15.0. The van der Waals surface area contributed by atoms with Gasteiger partial charge in [-0.05, 0) is 11.8 Å². The number of hydrogen-bond acceptors (Lipinski definition) is 4. The zero-order valence-electron chi connectivity index (χ0n) is 12.2. The molecule has 1 aliphatic heterocycles. The van der Waals surface area contributed by atoms with E-state index in [9.17, 15) is 9.90 Å². The third-order valence-electron chi connectivity index (χ3n) is 3.90. The van der Waals surface area contributed by atoms with E-state index in [0.717, 1.165) is 25.1 Å². The molecule has 1 fully saturated rings. The maximum Gasteiger partial charge on any atom is 0.343 e. The first-order valence-corrected chi connectivity index (χ1v) is 7.01. The summed E-state index contributed by atoms with van der Waals surface area (Å²) in [6.07, 6.45) is 1.01. The minimum Gasteiger partial charge on any atom is -0.477 e. The first-order chi connectivity index (χ1) is 9.98. The van der Waals surface area contributed by atoms with Gasteiger partial charge in [0.15, 0.2) is 17.1 Å². The van der Waals surface area contributed by atoms with Crippen LogP contribution in [0.15, 0.2) is 34.9 Å². The van der Waals surface area contributed by atoms with Crippen LogP contribution in [-0.4, -0.2) is 29.3 Å². The topological polar surface area (TPSA) is 66.6 Å². The van der Waals surface area contributed by atoms with Crippen molar-refractivity contribution in [2.75, 3.05) is 18.0 Å². The van der Waals surface area contributed by atoms with Crippen LogP contribution in [-0.2, 0) is 0 Å². The summed E-state index contributed by atoms with van der Waals surface area (Å²) in [4.78, 5) is 13.7. The molecule has 0 radical (unpaired) electrons. The molecule has 2 aromatic rings. The highest BCUT2D eigenvalue weighted by atomic mass is 16.5. The number of carboxylic acid groups (broad SMARTS) is 1. The van der Waals surface area contributed by atoms with Gasteiger partial charge in [0.05, 0.1) is 0 Å². The fourth-order valence-electron chi connectivity index (χ4n) is 2.77. The summed E-state index contributed by atoms with van der Waals surface area (Å²) in [7, 11) is 0. The second-order valence-electron chi connectivity index (χ2n) is 6.22. The lowest BCUT2D eigenvalue weighted by Gasteiger charge is -2.19. The normalized spacial score (nSPS) is 17.1. The molecule has 0 saturated carbocycles. The van der Waals surface area contributed by atoms with Gasteiger partial charge in [0.25, 0.3) is 0 Å². The van der Waals surface area contributed by atoms with Crippen molar-refractivity contribution >= 4 is 11.8 Å². The third kappa shape index (κ3) is 2.51. The van der Waals surface area contributed by atoms with Crippen molar-refractivity contribution in [3.8, 4) is 11.3 Å². The van der Waals surface area contributed by atoms with Crippen LogP contribution in [0.4, 0.5) is 5.82 Å². The Bertz CT molecular complexity index is 661. The van der Waals surface area contributed by atoms with Gasteiger partial charge in [0.1, 0.15) is 0 Å². The Hall–Kier alpha value is -2.30. The van der Waals surface area contributed by atoms with Gasteiger partial charge in [-0.25, -0.2) is 4.79 Å². The molecule has 5 heteroatoms. The summed E-state index contributed by atoms with van der Waals surface area (Å²) >= 11 is 0. The molecule has 110 valence electrons. The number of carbonyl (C=O) groups is 1. The van der Waals surface area contributed by atoms with Crippen molar-refractivity contribution in [1.82, 2.24) is 5.16 Å². The van der Waals surface area contributed by atoms with Gasteiger partial charge in [-0.3, -0.25) is 0 Å². The SMILES string of the molecule is CC1(C)CCN(c2noc(-c3ccccc3)c2C(=O)O)C1. The number of rotatable bonds is 3. The average molecular weight is 286 g/mol. The smallest absolute Gasteiger partial charge is 0.343 e. The minimum atomic E-state index is -1.00.